The van der Waals surface area contributed by atoms with Crippen molar-refractivity contribution in [2.45, 2.75) is 12.5 Å². The molecule has 2 aliphatic heterocycles. The summed E-state index contributed by atoms with van der Waals surface area (Å²) in [7, 11) is 4.55. The molecule has 1 N–H and O–H groups in total. The van der Waals surface area contributed by atoms with E-state index in [-0.39, 0.29) is 24.7 Å². The topological polar surface area (TPSA) is 104 Å². The molecule has 0 bridgehead atoms. The largest absolute Gasteiger partial charge is 0.507 e. The van der Waals surface area contributed by atoms with Crippen molar-refractivity contribution >= 4 is 17.4 Å². The van der Waals surface area contributed by atoms with Crippen molar-refractivity contribution in [1.82, 2.24) is 4.90 Å². The highest BCUT2D eigenvalue weighted by Gasteiger charge is 2.47. The van der Waals surface area contributed by atoms with E-state index in [0.29, 0.717) is 47.2 Å². The summed E-state index contributed by atoms with van der Waals surface area (Å²) in [5.41, 5.74) is 0.819. The molecule has 174 valence electrons. The summed E-state index contributed by atoms with van der Waals surface area (Å²) >= 11 is 0. The minimum absolute atomic E-state index is 0.0390. The number of ether oxygens (including phenoxy) is 5. The van der Waals surface area contributed by atoms with Crippen LogP contribution in [0.4, 0.5) is 0 Å². The summed E-state index contributed by atoms with van der Waals surface area (Å²) < 4.78 is 26.8. The van der Waals surface area contributed by atoms with Crippen molar-refractivity contribution in [2.24, 2.45) is 0 Å². The van der Waals surface area contributed by atoms with E-state index in [4.69, 9.17) is 23.7 Å². The van der Waals surface area contributed by atoms with Crippen molar-refractivity contribution in [2.75, 3.05) is 41.3 Å². The maximum Gasteiger partial charge on any atom is 0.295 e. The molecule has 1 unspecified atom stereocenters. The summed E-state index contributed by atoms with van der Waals surface area (Å²) in [5, 5.41) is 11.2. The van der Waals surface area contributed by atoms with Crippen LogP contribution in [0.15, 0.2) is 42.0 Å². The van der Waals surface area contributed by atoms with E-state index < -0.39 is 17.7 Å². The molecule has 2 heterocycles. The molecular weight excluding hydrogens is 430 g/mol. The number of carbonyl (C=O) groups excluding carboxylic acids is 2. The molecule has 0 radical (unpaired) electrons. The number of carbonyl (C=O) groups is 2. The van der Waals surface area contributed by atoms with Crippen molar-refractivity contribution in [3.8, 4) is 23.0 Å². The second-order valence-corrected chi connectivity index (χ2v) is 7.49. The fourth-order valence-corrected chi connectivity index (χ4v) is 4.14. The van der Waals surface area contributed by atoms with Crippen LogP contribution in [0, 0.1) is 0 Å². The zero-order chi connectivity index (χ0) is 23.5. The van der Waals surface area contributed by atoms with E-state index in [9.17, 15) is 14.7 Å². The number of likely N-dealkylation sites (tertiary alicyclic amines) is 1. The Morgan fingerprint density at radius 3 is 2.61 bits per heavy atom. The highest BCUT2D eigenvalue weighted by Crippen LogP contribution is 2.46. The molecule has 0 aromatic heterocycles. The van der Waals surface area contributed by atoms with Crippen molar-refractivity contribution in [3.63, 3.8) is 0 Å². The number of aliphatic hydroxyl groups excluding tert-OH is 1. The number of benzene rings is 2. The molecule has 4 rings (SSSR count). The van der Waals surface area contributed by atoms with Gasteiger partial charge >= 0.3 is 0 Å². The van der Waals surface area contributed by atoms with Gasteiger partial charge in [0.25, 0.3) is 11.7 Å². The Balaban J connectivity index is 1.88. The number of methoxy groups -OCH3 is 3. The van der Waals surface area contributed by atoms with Crippen LogP contribution in [-0.4, -0.2) is 63.0 Å². The van der Waals surface area contributed by atoms with E-state index in [1.165, 1.54) is 19.1 Å². The molecule has 0 saturated carbocycles. The Morgan fingerprint density at radius 2 is 1.88 bits per heavy atom. The maximum absolute atomic E-state index is 13.2. The van der Waals surface area contributed by atoms with Crippen LogP contribution in [0.3, 0.4) is 0 Å². The first-order valence-corrected chi connectivity index (χ1v) is 10.4. The first kappa shape index (κ1) is 22.5. The average Bonchev–Trinajstić information content (AvgIpc) is 3.40. The molecule has 1 atom stereocenters. The molecule has 2 aromatic rings. The summed E-state index contributed by atoms with van der Waals surface area (Å²) in [6, 6.07) is 9.17. The van der Waals surface area contributed by atoms with Crippen LogP contribution in [0.1, 0.15) is 23.6 Å². The van der Waals surface area contributed by atoms with Gasteiger partial charge in [0.2, 0.25) is 6.79 Å². The molecule has 0 spiro atoms. The second kappa shape index (κ2) is 9.41. The number of rotatable bonds is 8. The molecule has 33 heavy (non-hydrogen) atoms. The molecule has 1 saturated heterocycles. The van der Waals surface area contributed by atoms with Crippen LogP contribution in [-0.2, 0) is 14.3 Å². The minimum atomic E-state index is -0.877. The highest BCUT2D eigenvalue weighted by atomic mass is 16.7. The Labute approximate surface area is 191 Å². The Kier molecular flexibility index (Phi) is 6.41. The van der Waals surface area contributed by atoms with E-state index in [1.807, 2.05) is 0 Å². The van der Waals surface area contributed by atoms with Crippen LogP contribution < -0.4 is 18.9 Å². The quantitative estimate of drug-likeness (QED) is 0.281. The van der Waals surface area contributed by atoms with Gasteiger partial charge in [0.15, 0.2) is 23.0 Å². The lowest BCUT2D eigenvalue weighted by Gasteiger charge is -2.27. The smallest absolute Gasteiger partial charge is 0.295 e. The van der Waals surface area contributed by atoms with Gasteiger partial charge in [-0.3, -0.25) is 9.59 Å². The molecular formula is C24H25NO8. The average molecular weight is 455 g/mol. The number of para-hydroxylation sites is 1. The number of Topliss-reactive ketones (excluding diaryl/α,β-unsaturated/α-hetero) is 1. The summed E-state index contributed by atoms with van der Waals surface area (Å²) in [6.07, 6.45) is 0.510. The number of nitrogens with zero attached hydrogens (tertiary/aromatic N) is 1. The molecule has 2 aromatic carbocycles. The third kappa shape index (κ3) is 3.95. The maximum atomic E-state index is 13.2. The zero-order valence-electron chi connectivity index (χ0n) is 18.6. The normalized spacial score (nSPS) is 18.6. The second-order valence-electron chi connectivity index (χ2n) is 7.49. The third-order valence-electron chi connectivity index (χ3n) is 5.66. The first-order chi connectivity index (χ1) is 16.0. The van der Waals surface area contributed by atoms with Crippen LogP contribution in [0.5, 0.6) is 23.0 Å². The minimum Gasteiger partial charge on any atom is -0.507 e. The highest BCUT2D eigenvalue weighted by molar-refractivity contribution is 6.46. The monoisotopic (exact) mass is 455 g/mol. The van der Waals surface area contributed by atoms with Crippen LogP contribution >= 0.6 is 0 Å². The summed E-state index contributed by atoms with van der Waals surface area (Å²) in [4.78, 5) is 27.6. The van der Waals surface area contributed by atoms with Gasteiger partial charge < -0.3 is 33.7 Å². The van der Waals surface area contributed by atoms with Crippen LogP contribution in [0.25, 0.3) is 5.76 Å². The Bertz CT molecular complexity index is 1110. The SMILES string of the molecule is COCCCN1C(=O)C(=O)/C(=C(/O)c2ccc3c(c2)OCO3)C1c1cccc(OC)c1OC. The lowest BCUT2D eigenvalue weighted by molar-refractivity contribution is -0.140. The Hall–Kier alpha value is -3.72. The molecule has 1 amide bonds. The van der Waals surface area contributed by atoms with Crippen molar-refractivity contribution in [1.29, 1.82) is 0 Å². The van der Waals surface area contributed by atoms with Gasteiger partial charge in [0, 0.05) is 31.4 Å². The fraction of sp³-hybridized carbons (Fsp3) is 0.333. The molecule has 0 aliphatic carbocycles. The van der Waals surface area contributed by atoms with Gasteiger partial charge in [-0.15, -0.1) is 0 Å². The molecule has 2 aliphatic rings. The van der Waals surface area contributed by atoms with Crippen molar-refractivity contribution in [3.05, 3.63) is 53.1 Å². The van der Waals surface area contributed by atoms with Gasteiger partial charge in [-0.05, 0) is 30.7 Å². The van der Waals surface area contributed by atoms with E-state index in [2.05, 4.69) is 0 Å². The molecule has 9 nitrogen and oxygen atoms in total. The molecule has 9 heteroatoms. The van der Waals surface area contributed by atoms with E-state index >= 15 is 0 Å². The molecule has 1 fully saturated rings. The van der Waals surface area contributed by atoms with Gasteiger partial charge in [-0.1, -0.05) is 12.1 Å². The van der Waals surface area contributed by atoms with Gasteiger partial charge in [-0.2, -0.15) is 0 Å². The number of hydrogen-bond acceptors (Lipinski definition) is 8. The van der Waals surface area contributed by atoms with Gasteiger partial charge in [-0.25, -0.2) is 0 Å². The number of ketones is 1. The van der Waals surface area contributed by atoms with E-state index in [1.54, 1.807) is 43.5 Å². The number of amides is 1. The number of hydrogen-bond donors (Lipinski definition) is 1. The first-order valence-electron chi connectivity index (χ1n) is 10.4. The standard InChI is InChI=1S/C24H25NO8/c1-29-11-5-10-25-20(15-6-4-7-17(30-2)23(15)31-3)19(22(27)24(25)28)21(26)14-8-9-16-18(12-14)33-13-32-16/h4,6-9,12,20,26H,5,10-11,13H2,1-3H3/b21-19+. The third-order valence-corrected chi connectivity index (χ3v) is 5.66. The summed E-state index contributed by atoms with van der Waals surface area (Å²) in [5.74, 6) is 0.0127. The Morgan fingerprint density at radius 1 is 1.09 bits per heavy atom. The number of aliphatic hydroxyl groups is 1. The predicted octanol–water partition coefficient (Wildman–Crippen LogP) is 2.89. The van der Waals surface area contributed by atoms with Gasteiger partial charge in [0.05, 0.1) is 25.8 Å². The predicted molar refractivity (Wildman–Crippen MR) is 118 cm³/mol. The lowest BCUT2D eigenvalue weighted by atomic mass is 9.94. The van der Waals surface area contributed by atoms with Crippen molar-refractivity contribution < 1.29 is 38.4 Å². The van der Waals surface area contributed by atoms with Crippen LogP contribution in [0.2, 0.25) is 0 Å². The summed E-state index contributed by atoms with van der Waals surface area (Å²) in [6.45, 7) is 0.735. The lowest BCUT2D eigenvalue weighted by Crippen LogP contribution is -2.31. The van der Waals surface area contributed by atoms with Gasteiger partial charge in [0.1, 0.15) is 5.76 Å². The fourth-order valence-electron chi connectivity index (χ4n) is 4.14. The van der Waals surface area contributed by atoms with E-state index in [0.717, 1.165) is 0 Å². The number of fused-ring (bicyclic) bond motifs is 1. The zero-order valence-corrected chi connectivity index (χ0v) is 18.6.